The van der Waals surface area contributed by atoms with Crippen LogP contribution in [0.1, 0.15) is 19.4 Å². The molecule has 1 aromatic carbocycles. The smallest absolute Gasteiger partial charge is 0.208 e. The lowest BCUT2D eigenvalue weighted by Crippen LogP contribution is -2.18. The maximum absolute atomic E-state index is 13.9. The molecule has 0 saturated carbocycles. The van der Waals surface area contributed by atoms with E-state index in [9.17, 15) is 9.50 Å². The summed E-state index contributed by atoms with van der Waals surface area (Å²) in [5.41, 5.74) is -0.972. The number of aliphatic hydroxyl groups is 1. The van der Waals surface area contributed by atoms with Gasteiger partial charge in [0.25, 0.3) is 0 Å². The molecule has 5 heteroatoms. The first-order valence-corrected chi connectivity index (χ1v) is 5.03. The zero-order chi connectivity index (χ0) is 12.5. The number of benzene rings is 1. The minimum Gasteiger partial charge on any atom is -0.493 e. The van der Waals surface area contributed by atoms with Crippen molar-refractivity contribution in [2.45, 2.75) is 19.4 Å². The van der Waals surface area contributed by atoms with Crippen LogP contribution >= 0.6 is 11.6 Å². The average molecular weight is 249 g/mol. The molecule has 0 amide bonds. The lowest BCUT2D eigenvalue weighted by molar-refractivity contribution is 0.0748. The predicted molar refractivity (Wildman–Crippen MR) is 59.8 cm³/mol. The number of ether oxygens (including phenoxy) is 2. The van der Waals surface area contributed by atoms with Crippen LogP contribution in [0.5, 0.6) is 11.5 Å². The summed E-state index contributed by atoms with van der Waals surface area (Å²) in [5, 5.41) is 9.96. The van der Waals surface area contributed by atoms with Crippen molar-refractivity contribution in [2.24, 2.45) is 0 Å². The Kier molecular flexibility index (Phi) is 3.65. The molecule has 0 aromatic heterocycles. The highest BCUT2D eigenvalue weighted by Crippen LogP contribution is 2.41. The third kappa shape index (κ3) is 2.23. The molecule has 0 aliphatic rings. The lowest BCUT2D eigenvalue weighted by Gasteiger charge is -2.22. The van der Waals surface area contributed by atoms with Gasteiger partial charge in [0.1, 0.15) is 0 Å². The van der Waals surface area contributed by atoms with Gasteiger partial charge in [-0.3, -0.25) is 0 Å². The zero-order valence-corrected chi connectivity index (χ0v) is 10.4. The Morgan fingerprint density at radius 3 is 2.12 bits per heavy atom. The minimum atomic E-state index is -1.25. The van der Waals surface area contributed by atoms with Crippen LogP contribution in [-0.4, -0.2) is 19.3 Å². The van der Waals surface area contributed by atoms with Gasteiger partial charge in [0.2, 0.25) is 5.82 Å². The Morgan fingerprint density at radius 2 is 1.75 bits per heavy atom. The molecule has 0 radical (unpaired) electrons. The molecule has 0 spiro atoms. The molecule has 0 heterocycles. The highest BCUT2D eigenvalue weighted by Gasteiger charge is 2.27. The predicted octanol–water partition coefficient (Wildman–Crippen LogP) is 2.72. The Labute approximate surface area is 98.7 Å². The molecular weight excluding hydrogens is 235 g/mol. The monoisotopic (exact) mass is 248 g/mol. The third-order valence-electron chi connectivity index (χ3n) is 2.20. The minimum absolute atomic E-state index is 0.0613. The van der Waals surface area contributed by atoms with E-state index in [2.05, 4.69) is 0 Å². The van der Waals surface area contributed by atoms with Crippen molar-refractivity contribution in [3.63, 3.8) is 0 Å². The van der Waals surface area contributed by atoms with Crippen molar-refractivity contribution in [1.29, 1.82) is 0 Å². The van der Waals surface area contributed by atoms with E-state index in [-0.39, 0.29) is 22.1 Å². The Balaban J connectivity index is 3.53. The molecule has 1 N–H and O–H groups in total. The summed E-state index contributed by atoms with van der Waals surface area (Å²) >= 11 is 5.84. The van der Waals surface area contributed by atoms with Crippen molar-refractivity contribution >= 4 is 11.6 Å². The maximum Gasteiger partial charge on any atom is 0.208 e. The van der Waals surface area contributed by atoms with Gasteiger partial charge >= 0.3 is 0 Å². The first-order valence-electron chi connectivity index (χ1n) is 4.65. The fourth-order valence-corrected chi connectivity index (χ4v) is 1.69. The number of methoxy groups -OCH3 is 2. The number of halogens is 2. The summed E-state index contributed by atoms with van der Waals surface area (Å²) in [4.78, 5) is 0. The van der Waals surface area contributed by atoms with Crippen LogP contribution in [-0.2, 0) is 5.60 Å². The highest BCUT2D eigenvalue weighted by atomic mass is 35.5. The Bertz CT molecular complexity index is 399. The SMILES string of the molecule is COc1c(Cl)cc(C(C)(C)O)c(OC)c1F. The molecule has 0 atom stereocenters. The molecule has 0 unspecified atom stereocenters. The van der Waals surface area contributed by atoms with E-state index >= 15 is 0 Å². The van der Waals surface area contributed by atoms with Crippen molar-refractivity contribution in [1.82, 2.24) is 0 Å². The average Bonchev–Trinajstić information content (AvgIpc) is 2.16. The van der Waals surface area contributed by atoms with Gasteiger partial charge in [-0.15, -0.1) is 0 Å². The largest absolute Gasteiger partial charge is 0.493 e. The van der Waals surface area contributed by atoms with E-state index in [0.717, 1.165) is 0 Å². The van der Waals surface area contributed by atoms with Gasteiger partial charge in [0.05, 0.1) is 24.8 Å². The summed E-state index contributed by atoms with van der Waals surface area (Å²) in [6, 6.07) is 1.43. The standard InChI is InChI=1S/C11H14ClFO3/c1-11(2,14)6-5-7(12)10(16-4)8(13)9(6)15-3/h5,14H,1-4H3. The van der Waals surface area contributed by atoms with Gasteiger partial charge in [-0.1, -0.05) is 11.6 Å². The number of hydrogen-bond donors (Lipinski definition) is 1. The summed E-state index contributed by atoms with van der Waals surface area (Å²) < 4.78 is 23.6. The Hall–Kier alpha value is -1.00. The van der Waals surface area contributed by atoms with Gasteiger partial charge in [-0.2, -0.15) is 4.39 Å². The van der Waals surface area contributed by atoms with Gasteiger partial charge < -0.3 is 14.6 Å². The summed E-state index contributed by atoms with van der Waals surface area (Å²) in [7, 11) is 2.63. The van der Waals surface area contributed by atoms with Crippen molar-refractivity contribution in [2.75, 3.05) is 14.2 Å². The van der Waals surface area contributed by atoms with Crippen LogP contribution in [0.15, 0.2) is 6.07 Å². The fraction of sp³-hybridized carbons (Fsp3) is 0.455. The molecule has 0 aliphatic heterocycles. The zero-order valence-electron chi connectivity index (χ0n) is 9.60. The molecule has 1 rings (SSSR count). The summed E-state index contributed by atoms with van der Waals surface area (Å²) in [6.07, 6.45) is 0. The molecule has 1 aromatic rings. The molecular formula is C11H14ClFO3. The van der Waals surface area contributed by atoms with E-state index in [1.807, 2.05) is 0 Å². The summed E-state index contributed by atoms with van der Waals surface area (Å²) in [6.45, 7) is 3.04. The van der Waals surface area contributed by atoms with E-state index in [1.165, 1.54) is 34.1 Å². The van der Waals surface area contributed by atoms with Crippen molar-refractivity contribution < 1.29 is 19.0 Å². The fourth-order valence-electron chi connectivity index (χ4n) is 1.43. The van der Waals surface area contributed by atoms with Crippen LogP contribution in [0.2, 0.25) is 5.02 Å². The van der Waals surface area contributed by atoms with Gasteiger partial charge in [-0.25, -0.2) is 0 Å². The van der Waals surface area contributed by atoms with Gasteiger partial charge in [0.15, 0.2) is 11.5 Å². The van der Waals surface area contributed by atoms with Crippen LogP contribution in [0.25, 0.3) is 0 Å². The van der Waals surface area contributed by atoms with E-state index in [0.29, 0.717) is 0 Å². The first-order chi connectivity index (χ1) is 7.32. The van der Waals surface area contributed by atoms with Crippen LogP contribution in [0.3, 0.4) is 0 Å². The quantitative estimate of drug-likeness (QED) is 0.894. The van der Waals surface area contributed by atoms with Crippen LogP contribution < -0.4 is 9.47 Å². The topological polar surface area (TPSA) is 38.7 Å². The normalized spacial score (nSPS) is 11.4. The number of hydrogen-bond acceptors (Lipinski definition) is 3. The van der Waals surface area contributed by atoms with E-state index < -0.39 is 11.4 Å². The number of rotatable bonds is 3. The molecule has 0 saturated heterocycles. The van der Waals surface area contributed by atoms with Gasteiger partial charge in [-0.05, 0) is 19.9 Å². The second kappa shape index (κ2) is 4.47. The second-order valence-electron chi connectivity index (χ2n) is 3.85. The van der Waals surface area contributed by atoms with Crippen molar-refractivity contribution in [3.05, 3.63) is 22.5 Å². The van der Waals surface area contributed by atoms with Crippen LogP contribution in [0, 0.1) is 5.82 Å². The first kappa shape index (κ1) is 13.1. The molecule has 16 heavy (non-hydrogen) atoms. The molecule has 0 fully saturated rings. The lowest BCUT2D eigenvalue weighted by atomic mass is 9.97. The van der Waals surface area contributed by atoms with E-state index in [4.69, 9.17) is 21.1 Å². The Morgan fingerprint density at radius 1 is 1.25 bits per heavy atom. The third-order valence-corrected chi connectivity index (χ3v) is 2.48. The molecule has 0 bridgehead atoms. The van der Waals surface area contributed by atoms with Gasteiger partial charge in [0, 0.05) is 5.56 Å². The van der Waals surface area contributed by atoms with Crippen molar-refractivity contribution in [3.8, 4) is 11.5 Å². The molecule has 0 aliphatic carbocycles. The van der Waals surface area contributed by atoms with E-state index in [1.54, 1.807) is 0 Å². The highest BCUT2D eigenvalue weighted by molar-refractivity contribution is 6.32. The molecule has 90 valence electrons. The molecule has 3 nitrogen and oxygen atoms in total. The van der Waals surface area contributed by atoms with Crippen LogP contribution in [0.4, 0.5) is 4.39 Å². The summed E-state index contributed by atoms with van der Waals surface area (Å²) in [5.74, 6) is -0.866. The maximum atomic E-state index is 13.9. The second-order valence-corrected chi connectivity index (χ2v) is 4.25.